The molecule has 1 aromatic rings. The van der Waals surface area contributed by atoms with Crippen molar-refractivity contribution >= 4 is 26.5 Å². The van der Waals surface area contributed by atoms with Crippen molar-refractivity contribution in [2.24, 2.45) is 23.7 Å². The molecule has 4 aliphatic heterocycles. The molecule has 7 atom stereocenters. The number of benzene rings is 1. The second-order valence-electron chi connectivity index (χ2n) is 9.43. The number of fused-ring (bicyclic) bond motifs is 4. The van der Waals surface area contributed by atoms with Crippen molar-refractivity contribution in [2.75, 3.05) is 0 Å². The zero-order chi connectivity index (χ0) is 16.6. The molecule has 4 fully saturated rings. The van der Waals surface area contributed by atoms with Gasteiger partial charge in [0.05, 0.1) is 0 Å². The summed E-state index contributed by atoms with van der Waals surface area (Å²) in [4.78, 5) is 0. The van der Waals surface area contributed by atoms with E-state index < -0.39 is 0 Å². The van der Waals surface area contributed by atoms with Crippen molar-refractivity contribution in [2.45, 2.75) is 76.0 Å². The maximum absolute atomic E-state index is 2.58. The van der Waals surface area contributed by atoms with Crippen LogP contribution in [0.4, 0.5) is 0 Å². The maximum atomic E-state index is 2.58. The van der Waals surface area contributed by atoms with Crippen molar-refractivity contribution in [1.29, 1.82) is 0 Å². The highest BCUT2D eigenvalue weighted by Gasteiger charge is 2.54. The van der Waals surface area contributed by atoms with Crippen LogP contribution in [0.1, 0.15) is 53.4 Å². The van der Waals surface area contributed by atoms with Gasteiger partial charge in [-0.2, -0.15) is 0 Å². The molecule has 130 valence electrons. The lowest BCUT2D eigenvalue weighted by Crippen LogP contribution is -2.28. The Morgan fingerprint density at radius 2 is 1.17 bits per heavy atom. The summed E-state index contributed by atoms with van der Waals surface area (Å²) in [5.41, 5.74) is 4.13. The van der Waals surface area contributed by atoms with Gasteiger partial charge in [0.1, 0.15) is 0 Å². The maximum Gasteiger partial charge on any atom is -0.0114 e. The molecule has 0 radical (unpaired) electrons. The topological polar surface area (TPSA) is 0 Å². The lowest BCUT2D eigenvalue weighted by molar-refractivity contribution is 0.357. The normalized spacial score (nSPS) is 52.3. The Bertz CT molecular complexity index is 592. The molecule has 2 heteroatoms. The molecule has 0 nitrogen and oxygen atoms in total. The standard InChI is InChI=1S/C22H32P2/c1-13-11-21-14(2)12-20(13)24(21)19-8-6-5-7-18(19)23-17-9-15(3)22(23)16(4)10-17/h5-8,13-17,20-22H,9-12H2,1-4H3. The minimum atomic E-state index is 0.110. The second kappa shape index (κ2) is 5.79. The van der Waals surface area contributed by atoms with Crippen molar-refractivity contribution in [3.8, 4) is 0 Å². The average molecular weight is 358 g/mol. The van der Waals surface area contributed by atoms with Crippen LogP contribution in [0.25, 0.3) is 0 Å². The van der Waals surface area contributed by atoms with Gasteiger partial charge in [-0.15, -0.1) is 0 Å². The highest BCUT2D eigenvalue weighted by atomic mass is 31.1. The van der Waals surface area contributed by atoms with Gasteiger partial charge in [-0.1, -0.05) is 67.8 Å². The molecule has 0 aliphatic carbocycles. The zero-order valence-corrected chi connectivity index (χ0v) is 17.4. The Labute approximate surface area is 150 Å². The van der Waals surface area contributed by atoms with E-state index in [1.165, 1.54) is 25.7 Å². The van der Waals surface area contributed by atoms with E-state index in [0.29, 0.717) is 0 Å². The van der Waals surface area contributed by atoms with Gasteiger partial charge in [-0.3, -0.25) is 0 Å². The molecular formula is C22H32P2. The van der Waals surface area contributed by atoms with E-state index in [-0.39, 0.29) is 15.8 Å². The van der Waals surface area contributed by atoms with Crippen LogP contribution in [0.2, 0.25) is 0 Å². The van der Waals surface area contributed by atoms with Gasteiger partial charge in [0, 0.05) is 0 Å². The van der Waals surface area contributed by atoms with Crippen molar-refractivity contribution < 1.29 is 0 Å². The average Bonchev–Trinajstić information content (AvgIpc) is 3.23. The third-order valence-electron chi connectivity index (χ3n) is 7.86. The lowest BCUT2D eigenvalue weighted by atomic mass is 9.84. The first-order valence-electron chi connectivity index (χ1n) is 10.2. The van der Waals surface area contributed by atoms with Crippen molar-refractivity contribution in [1.82, 2.24) is 0 Å². The molecule has 1 aromatic carbocycles. The minimum absolute atomic E-state index is 0.110. The predicted octanol–water partition coefficient (Wildman–Crippen LogP) is 5.53. The molecule has 0 saturated carbocycles. The van der Waals surface area contributed by atoms with Crippen molar-refractivity contribution in [3.05, 3.63) is 24.3 Å². The molecule has 0 spiro atoms. The van der Waals surface area contributed by atoms with Crippen LogP contribution in [0, 0.1) is 23.7 Å². The molecule has 7 unspecified atom stereocenters. The van der Waals surface area contributed by atoms with Gasteiger partial charge in [0.15, 0.2) is 0 Å². The summed E-state index contributed by atoms with van der Waals surface area (Å²) in [6, 6.07) is 9.86. The van der Waals surface area contributed by atoms with Gasteiger partial charge in [0.2, 0.25) is 0 Å². The minimum Gasteiger partial charge on any atom is -0.0677 e. The summed E-state index contributed by atoms with van der Waals surface area (Å²) < 4.78 is 0. The number of rotatable bonds is 2. The Kier molecular flexibility index (Phi) is 3.93. The third kappa shape index (κ3) is 2.18. The van der Waals surface area contributed by atoms with E-state index in [1.807, 2.05) is 10.6 Å². The van der Waals surface area contributed by atoms with E-state index in [2.05, 4.69) is 52.0 Å². The first kappa shape index (κ1) is 16.3. The van der Waals surface area contributed by atoms with Gasteiger partial charge < -0.3 is 0 Å². The summed E-state index contributed by atoms with van der Waals surface area (Å²) in [5.74, 6) is 3.92. The Morgan fingerprint density at radius 3 is 1.67 bits per heavy atom. The second-order valence-corrected chi connectivity index (χ2v) is 14.7. The number of hydrogen-bond acceptors (Lipinski definition) is 0. The molecule has 24 heavy (non-hydrogen) atoms. The van der Waals surface area contributed by atoms with Crippen LogP contribution in [-0.2, 0) is 0 Å². The fourth-order valence-corrected chi connectivity index (χ4v) is 16.2. The third-order valence-corrected chi connectivity index (χ3v) is 15.7. The lowest BCUT2D eigenvalue weighted by Gasteiger charge is -2.28. The molecule has 0 N–H and O–H groups in total. The SMILES string of the molecule is CC1CC2C(C)CC1P2c1ccccc1P1C2CC(C)C1C(C)C2. The highest BCUT2D eigenvalue weighted by Crippen LogP contribution is 2.70. The Balaban J connectivity index is 1.56. The van der Waals surface area contributed by atoms with Crippen LogP contribution in [0.3, 0.4) is 0 Å². The Hall–Kier alpha value is 0.0800. The van der Waals surface area contributed by atoms with E-state index in [9.17, 15) is 0 Å². The fraction of sp³-hybridized carbons (Fsp3) is 0.727. The Morgan fingerprint density at radius 1 is 0.667 bits per heavy atom. The fourth-order valence-electron chi connectivity index (χ4n) is 6.99. The number of hydrogen-bond donors (Lipinski definition) is 0. The smallest absolute Gasteiger partial charge is 0.0114 e. The highest BCUT2D eigenvalue weighted by molar-refractivity contribution is 7.74. The van der Waals surface area contributed by atoms with Gasteiger partial charge in [-0.25, -0.2) is 0 Å². The van der Waals surface area contributed by atoms with E-state index in [1.54, 1.807) is 0 Å². The van der Waals surface area contributed by atoms with E-state index >= 15 is 0 Å². The molecular weight excluding hydrogens is 326 g/mol. The predicted molar refractivity (Wildman–Crippen MR) is 110 cm³/mol. The summed E-state index contributed by atoms with van der Waals surface area (Å²) in [6.07, 6.45) is 6.08. The van der Waals surface area contributed by atoms with E-state index in [0.717, 1.165) is 46.3 Å². The van der Waals surface area contributed by atoms with E-state index in [4.69, 9.17) is 0 Å². The summed E-state index contributed by atoms with van der Waals surface area (Å²) in [5, 5.41) is 3.75. The van der Waals surface area contributed by atoms with Crippen LogP contribution in [0.15, 0.2) is 24.3 Å². The summed E-state index contributed by atoms with van der Waals surface area (Å²) >= 11 is 0. The van der Waals surface area contributed by atoms with Crippen LogP contribution in [0.5, 0.6) is 0 Å². The van der Waals surface area contributed by atoms with Crippen LogP contribution in [-0.4, -0.2) is 22.6 Å². The van der Waals surface area contributed by atoms with Gasteiger partial charge >= 0.3 is 0 Å². The van der Waals surface area contributed by atoms with Gasteiger partial charge in [0.25, 0.3) is 0 Å². The first-order chi connectivity index (χ1) is 11.6. The molecule has 4 heterocycles. The molecule has 4 aliphatic rings. The largest absolute Gasteiger partial charge is 0.0677 e. The molecule has 5 rings (SSSR count). The first-order valence-corrected chi connectivity index (χ1v) is 13.2. The van der Waals surface area contributed by atoms with Crippen LogP contribution < -0.4 is 10.6 Å². The summed E-state index contributed by atoms with van der Waals surface area (Å²) in [7, 11) is 0.220. The van der Waals surface area contributed by atoms with Gasteiger partial charge in [-0.05, 0) is 82.6 Å². The van der Waals surface area contributed by atoms with Crippen molar-refractivity contribution in [3.63, 3.8) is 0 Å². The monoisotopic (exact) mass is 358 g/mol. The molecule has 0 aromatic heterocycles. The summed E-state index contributed by atoms with van der Waals surface area (Å²) in [6.45, 7) is 10.2. The molecule has 0 amide bonds. The quantitative estimate of drug-likeness (QED) is 0.610. The zero-order valence-electron chi connectivity index (χ0n) is 15.7. The molecule has 4 saturated heterocycles. The van der Waals surface area contributed by atoms with Crippen LogP contribution >= 0.6 is 15.8 Å². The molecule has 4 bridgehead atoms.